The maximum atomic E-state index is 12.4. The van der Waals surface area contributed by atoms with Crippen LogP contribution in [0.25, 0.3) is 0 Å². The highest BCUT2D eigenvalue weighted by atomic mass is 16.3. The van der Waals surface area contributed by atoms with Gasteiger partial charge in [0, 0.05) is 24.1 Å². The molecular formula is C19H21N3O3. The van der Waals surface area contributed by atoms with Crippen LogP contribution in [0.3, 0.4) is 0 Å². The highest BCUT2D eigenvalue weighted by molar-refractivity contribution is 5.77. The second-order valence-electron chi connectivity index (χ2n) is 6.48. The van der Waals surface area contributed by atoms with Crippen molar-refractivity contribution in [2.24, 2.45) is 0 Å². The third-order valence-electron chi connectivity index (χ3n) is 4.91. The van der Waals surface area contributed by atoms with Crippen molar-refractivity contribution in [2.75, 3.05) is 0 Å². The van der Waals surface area contributed by atoms with Crippen molar-refractivity contribution in [3.8, 4) is 6.07 Å². The Balaban J connectivity index is 1.68. The Bertz CT molecular complexity index is 902. The molecule has 0 bridgehead atoms. The van der Waals surface area contributed by atoms with E-state index in [1.165, 1.54) is 0 Å². The van der Waals surface area contributed by atoms with E-state index in [-0.39, 0.29) is 23.1 Å². The monoisotopic (exact) mass is 339 g/mol. The molecule has 0 fully saturated rings. The van der Waals surface area contributed by atoms with E-state index in [9.17, 15) is 9.59 Å². The van der Waals surface area contributed by atoms with Crippen LogP contribution in [0, 0.1) is 25.2 Å². The third-order valence-corrected chi connectivity index (χ3v) is 4.91. The summed E-state index contributed by atoms with van der Waals surface area (Å²) >= 11 is 0. The van der Waals surface area contributed by atoms with Crippen molar-refractivity contribution in [1.82, 2.24) is 10.3 Å². The first-order valence-electron chi connectivity index (χ1n) is 8.49. The number of aryl methyl sites for hydroxylation is 2. The number of nitrogens with zero attached hydrogens (tertiary/aromatic N) is 1. The Morgan fingerprint density at radius 1 is 1.48 bits per heavy atom. The Labute approximate surface area is 145 Å². The molecule has 0 spiro atoms. The van der Waals surface area contributed by atoms with E-state index in [0.29, 0.717) is 24.1 Å². The van der Waals surface area contributed by atoms with Gasteiger partial charge < -0.3 is 14.7 Å². The largest absolute Gasteiger partial charge is 0.469 e. The summed E-state index contributed by atoms with van der Waals surface area (Å²) in [5.41, 5.74) is 3.05. The second-order valence-corrected chi connectivity index (χ2v) is 6.48. The molecule has 0 radical (unpaired) electrons. The lowest BCUT2D eigenvalue weighted by molar-refractivity contribution is -0.121. The molecule has 0 aromatic carbocycles. The number of carbonyl (C=O) groups excluding carboxylic acids is 1. The van der Waals surface area contributed by atoms with Gasteiger partial charge in [-0.3, -0.25) is 9.59 Å². The molecule has 130 valence electrons. The van der Waals surface area contributed by atoms with Crippen LogP contribution in [-0.2, 0) is 17.6 Å². The molecule has 0 saturated heterocycles. The minimum atomic E-state index is -0.375. The summed E-state index contributed by atoms with van der Waals surface area (Å²) in [6, 6.07) is 3.87. The lowest BCUT2D eigenvalue weighted by Crippen LogP contribution is -2.30. The van der Waals surface area contributed by atoms with Gasteiger partial charge in [0.1, 0.15) is 17.4 Å². The number of rotatable bonds is 4. The Morgan fingerprint density at radius 3 is 3.04 bits per heavy atom. The number of carbonyl (C=O) groups is 1. The van der Waals surface area contributed by atoms with Gasteiger partial charge in [0.05, 0.1) is 12.3 Å². The number of fused-ring (bicyclic) bond motifs is 1. The van der Waals surface area contributed by atoms with Crippen LogP contribution >= 0.6 is 0 Å². The number of aromatic nitrogens is 1. The number of H-pyrrole nitrogens is 1. The smallest absolute Gasteiger partial charge is 0.266 e. The Morgan fingerprint density at radius 2 is 2.28 bits per heavy atom. The van der Waals surface area contributed by atoms with E-state index in [1.807, 2.05) is 12.1 Å². The van der Waals surface area contributed by atoms with Gasteiger partial charge in [-0.25, -0.2) is 0 Å². The van der Waals surface area contributed by atoms with Crippen molar-refractivity contribution in [3.63, 3.8) is 0 Å². The minimum absolute atomic E-state index is 0.00226. The third kappa shape index (κ3) is 3.36. The minimum Gasteiger partial charge on any atom is -0.469 e. The number of hydrogen-bond donors (Lipinski definition) is 2. The molecule has 6 heteroatoms. The SMILES string of the molecule is Cc1[nH]c(=O)c(C#N)c(C)c1CCC(=O)N[C@@H]1CCCc2occc21. The predicted octanol–water partition coefficient (Wildman–Crippen LogP) is 2.58. The Kier molecular flexibility index (Phi) is 4.75. The zero-order chi connectivity index (χ0) is 18.0. The van der Waals surface area contributed by atoms with Gasteiger partial charge in [0.25, 0.3) is 5.56 Å². The van der Waals surface area contributed by atoms with Crippen LogP contribution in [0.2, 0.25) is 0 Å². The van der Waals surface area contributed by atoms with Gasteiger partial charge in [0.2, 0.25) is 5.91 Å². The van der Waals surface area contributed by atoms with E-state index < -0.39 is 0 Å². The van der Waals surface area contributed by atoms with Gasteiger partial charge in [-0.2, -0.15) is 5.26 Å². The molecular weight excluding hydrogens is 318 g/mol. The van der Waals surface area contributed by atoms with Gasteiger partial charge >= 0.3 is 0 Å². The normalized spacial score (nSPS) is 16.1. The van der Waals surface area contributed by atoms with E-state index >= 15 is 0 Å². The van der Waals surface area contributed by atoms with Gasteiger partial charge in [-0.15, -0.1) is 0 Å². The summed E-state index contributed by atoms with van der Waals surface area (Å²) in [6.07, 6.45) is 5.29. The van der Waals surface area contributed by atoms with Crippen LogP contribution in [0.15, 0.2) is 21.5 Å². The van der Waals surface area contributed by atoms with Gasteiger partial charge in [-0.1, -0.05) is 0 Å². The summed E-state index contributed by atoms with van der Waals surface area (Å²) in [5, 5.41) is 12.2. The number of nitrogens with one attached hydrogen (secondary N) is 2. The molecule has 1 atom stereocenters. The predicted molar refractivity (Wildman–Crippen MR) is 92.1 cm³/mol. The summed E-state index contributed by atoms with van der Waals surface area (Å²) < 4.78 is 5.45. The quantitative estimate of drug-likeness (QED) is 0.894. The summed E-state index contributed by atoms with van der Waals surface area (Å²) in [7, 11) is 0. The number of amides is 1. The Hall–Kier alpha value is -2.81. The first-order chi connectivity index (χ1) is 12.0. The van der Waals surface area contributed by atoms with E-state index in [4.69, 9.17) is 9.68 Å². The standard InChI is InChI=1S/C19H21N3O3/c1-11-13(12(2)21-19(24)15(11)10-20)6-7-18(23)22-16-4-3-5-17-14(16)8-9-25-17/h8-9,16H,3-7H2,1-2H3,(H,21,24)(H,22,23)/t16-/m1/s1. The highest BCUT2D eigenvalue weighted by Crippen LogP contribution is 2.30. The fourth-order valence-electron chi connectivity index (χ4n) is 3.56. The zero-order valence-electron chi connectivity index (χ0n) is 14.4. The molecule has 1 aliphatic rings. The lowest BCUT2D eigenvalue weighted by atomic mass is 9.93. The van der Waals surface area contributed by atoms with Crippen LogP contribution < -0.4 is 10.9 Å². The molecule has 3 rings (SSSR count). The first kappa shape index (κ1) is 17.0. The fraction of sp³-hybridized carbons (Fsp3) is 0.421. The molecule has 1 aliphatic carbocycles. The zero-order valence-corrected chi connectivity index (χ0v) is 14.4. The van der Waals surface area contributed by atoms with Crippen molar-refractivity contribution >= 4 is 5.91 Å². The van der Waals surface area contributed by atoms with Crippen molar-refractivity contribution in [3.05, 3.63) is 56.4 Å². The molecule has 0 saturated carbocycles. The maximum absolute atomic E-state index is 12.4. The fourth-order valence-corrected chi connectivity index (χ4v) is 3.56. The van der Waals surface area contributed by atoms with Gasteiger partial charge in [-0.05, 0) is 50.3 Å². The highest BCUT2D eigenvalue weighted by Gasteiger charge is 2.24. The summed E-state index contributed by atoms with van der Waals surface area (Å²) in [5.74, 6) is 0.921. The van der Waals surface area contributed by atoms with E-state index in [0.717, 1.165) is 36.1 Å². The molecule has 2 aromatic rings. The second kappa shape index (κ2) is 6.98. The number of aromatic amines is 1. The van der Waals surface area contributed by atoms with E-state index in [1.54, 1.807) is 20.1 Å². The van der Waals surface area contributed by atoms with Crippen LogP contribution in [0.4, 0.5) is 0 Å². The lowest BCUT2D eigenvalue weighted by Gasteiger charge is -2.23. The molecule has 2 heterocycles. The molecule has 0 unspecified atom stereocenters. The number of nitriles is 1. The molecule has 2 aromatic heterocycles. The number of hydrogen-bond acceptors (Lipinski definition) is 4. The average Bonchev–Trinajstić information content (AvgIpc) is 3.04. The van der Waals surface area contributed by atoms with E-state index in [2.05, 4.69) is 10.3 Å². The topological polar surface area (TPSA) is 98.9 Å². The molecule has 2 N–H and O–H groups in total. The molecule has 25 heavy (non-hydrogen) atoms. The molecule has 6 nitrogen and oxygen atoms in total. The number of pyridine rings is 1. The van der Waals surface area contributed by atoms with Crippen LogP contribution in [0.5, 0.6) is 0 Å². The van der Waals surface area contributed by atoms with Crippen molar-refractivity contribution < 1.29 is 9.21 Å². The maximum Gasteiger partial charge on any atom is 0.266 e. The van der Waals surface area contributed by atoms with Crippen LogP contribution in [0.1, 0.15) is 59.0 Å². The van der Waals surface area contributed by atoms with Crippen molar-refractivity contribution in [2.45, 2.75) is 52.0 Å². The average molecular weight is 339 g/mol. The summed E-state index contributed by atoms with van der Waals surface area (Å²) in [6.45, 7) is 3.55. The number of furan rings is 1. The first-order valence-corrected chi connectivity index (χ1v) is 8.49. The van der Waals surface area contributed by atoms with Crippen LogP contribution in [-0.4, -0.2) is 10.9 Å². The summed E-state index contributed by atoms with van der Waals surface area (Å²) in [4.78, 5) is 26.8. The van der Waals surface area contributed by atoms with Crippen molar-refractivity contribution in [1.29, 1.82) is 5.26 Å². The molecule has 1 amide bonds. The van der Waals surface area contributed by atoms with Gasteiger partial charge in [0.15, 0.2) is 0 Å². The molecule has 0 aliphatic heterocycles.